The van der Waals surface area contributed by atoms with E-state index in [0.29, 0.717) is 6.04 Å². The Morgan fingerprint density at radius 1 is 1.22 bits per heavy atom. The van der Waals surface area contributed by atoms with Crippen molar-refractivity contribution in [2.75, 3.05) is 13.2 Å². The molecule has 1 aliphatic carbocycles. The van der Waals surface area contributed by atoms with Crippen molar-refractivity contribution in [3.05, 3.63) is 30.3 Å². The molecule has 3 heteroatoms. The van der Waals surface area contributed by atoms with Gasteiger partial charge in [-0.15, -0.1) is 0 Å². The maximum absolute atomic E-state index is 5.97. The monoisotopic (exact) mass is 249 g/mol. The van der Waals surface area contributed by atoms with E-state index < -0.39 is 0 Å². The summed E-state index contributed by atoms with van der Waals surface area (Å²) in [6.07, 6.45) is 2.44. The zero-order valence-electron chi connectivity index (χ0n) is 11.3. The molecule has 1 aromatic rings. The lowest BCUT2D eigenvalue weighted by Gasteiger charge is -2.44. The van der Waals surface area contributed by atoms with Crippen molar-refractivity contribution < 1.29 is 9.47 Å². The van der Waals surface area contributed by atoms with Crippen LogP contribution in [-0.2, 0) is 4.74 Å². The van der Waals surface area contributed by atoms with Crippen molar-refractivity contribution in [3.8, 4) is 5.75 Å². The van der Waals surface area contributed by atoms with Crippen LogP contribution >= 0.6 is 0 Å². The van der Waals surface area contributed by atoms with Crippen molar-refractivity contribution in [2.24, 2.45) is 0 Å². The van der Waals surface area contributed by atoms with Crippen LogP contribution in [0.5, 0.6) is 5.75 Å². The second-order valence-electron chi connectivity index (χ2n) is 4.70. The third-order valence-electron chi connectivity index (χ3n) is 3.26. The lowest BCUT2D eigenvalue weighted by atomic mass is 9.85. The Labute approximate surface area is 109 Å². The molecule has 3 atom stereocenters. The van der Waals surface area contributed by atoms with E-state index in [1.807, 2.05) is 30.3 Å². The highest BCUT2D eigenvalue weighted by Crippen LogP contribution is 2.29. The molecule has 0 heterocycles. The second-order valence-corrected chi connectivity index (χ2v) is 4.70. The first-order valence-corrected chi connectivity index (χ1v) is 6.91. The minimum absolute atomic E-state index is 0.183. The fourth-order valence-electron chi connectivity index (χ4n) is 2.31. The molecule has 3 nitrogen and oxygen atoms in total. The van der Waals surface area contributed by atoms with Gasteiger partial charge in [0.15, 0.2) is 0 Å². The van der Waals surface area contributed by atoms with Gasteiger partial charge in [-0.05, 0) is 25.1 Å². The number of benzene rings is 1. The van der Waals surface area contributed by atoms with Gasteiger partial charge < -0.3 is 14.8 Å². The predicted octanol–water partition coefficient (Wildman–Crippen LogP) is 2.61. The number of rotatable bonds is 7. The van der Waals surface area contributed by atoms with Crippen LogP contribution in [0.3, 0.4) is 0 Å². The third kappa shape index (κ3) is 3.24. The average Bonchev–Trinajstić information content (AvgIpc) is 2.39. The number of ether oxygens (including phenoxy) is 2. The lowest BCUT2D eigenvalue weighted by Crippen LogP contribution is -2.61. The molecule has 3 unspecified atom stereocenters. The van der Waals surface area contributed by atoms with E-state index in [0.717, 1.165) is 31.7 Å². The smallest absolute Gasteiger partial charge is 0.128 e. The maximum atomic E-state index is 5.97. The highest BCUT2D eigenvalue weighted by atomic mass is 16.5. The molecule has 1 saturated carbocycles. The Kier molecular flexibility index (Phi) is 5.02. The van der Waals surface area contributed by atoms with Crippen LogP contribution in [0.1, 0.15) is 26.7 Å². The Morgan fingerprint density at radius 2 is 2.00 bits per heavy atom. The summed E-state index contributed by atoms with van der Waals surface area (Å²) in [6.45, 7) is 6.05. The predicted molar refractivity (Wildman–Crippen MR) is 73.0 cm³/mol. The molecular formula is C15H23NO2. The van der Waals surface area contributed by atoms with E-state index >= 15 is 0 Å². The molecule has 0 spiro atoms. The van der Waals surface area contributed by atoms with Crippen molar-refractivity contribution in [2.45, 2.75) is 44.9 Å². The van der Waals surface area contributed by atoms with Crippen LogP contribution in [0.25, 0.3) is 0 Å². The van der Waals surface area contributed by atoms with Crippen LogP contribution in [0.4, 0.5) is 0 Å². The highest BCUT2D eigenvalue weighted by molar-refractivity contribution is 5.22. The van der Waals surface area contributed by atoms with Crippen LogP contribution in [-0.4, -0.2) is 31.4 Å². The van der Waals surface area contributed by atoms with E-state index in [1.165, 1.54) is 0 Å². The van der Waals surface area contributed by atoms with E-state index in [9.17, 15) is 0 Å². The molecule has 2 rings (SSSR count). The highest BCUT2D eigenvalue weighted by Gasteiger charge is 2.43. The molecule has 0 aliphatic heterocycles. The molecule has 0 saturated heterocycles. The largest absolute Gasteiger partial charge is 0.488 e. The van der Waals surface area contributed by atoms with Gasteiger partial charge in [-0.25, -0.2) is 0 Å². The van der Waals surface area contributed by atoms with Gasteiger partial charge >= 0.3 is 0 Å². The maximum Gasteiger partial charge on any atom is 0.128 e. The number of hydrogen-bond donors (Lipinski definition) is 1. The Hall–Kier alpha value is -1.06. The van der Waals surface area contributed by atoms with Gasteiger partial charge in [0.05, 0.1) is 0 Å². The minimum Gasteiger partial charge on any atom is -0.488 e. The van der Waals surface area contributed by atoms with E-state index in [1.54, 1.807) is 0 Å². The number of nitrogens with one attached hydrogen (secondary N) is 1. The summed E-state index contributed by atoms with van der Waals surface area (Å²) in [7, 11) is 0. The Morgan fingerprint density at radius 3 is 2.67 bits per heavy atom. The van der Waals surface area contributed by atoms with Gasteiger partial charge in [0.1, 0.15) is 18.0 Å². The lowest BCUT2D eigenvalue weighted by molar-refractivity contribution is -0.107. The molecule has 0 aromatic heterocycles. The second kappa shape index (κ2) is 6.76. The van der Waals surface area contributed by atoms with Gasteiger partial charge in [-0.2, -0.15) is 0 Å². The van der Waals surface area contributed by atoms with E-state index in [2.05, 4.69) is 19.2 Å². The quantitative estimate of drug-likeness (QED) is 0.805. The summed E-state index contributed by atoms with van der Waals surface area (Å²) >= 11 is 0. The standard InChI is InChI=1S/C15H23NO2/c1-3-10-17-15-13(16-4-2)11-14(15)18-12-8-6-5-7-9-12/h5-9,13-16H,3-4,10-11H2,1-2H3. The number of hydrogen-bond acceptors (Lipinski definition) is 3. The molecule has 1 aliphatic rings. The van der Waals surface area contributed by atoms with Crippen LogP contribution in [0.15, 0.2) is 30.3 Å². The summed E-state index contributed by atoms with van der Waals surface area (Å²) in [5.41, 5.74) is 0. The fraction of sp³-hybridized carbons (Fsp3) is 0.600. The van der Waals surface area contributed by atoms with E-state index in [-0.39, 0.29) is 12.2 Å². The molecule has 0 radical (unpaired) electrons. The molecule has 1 aromatic carbocycles. The molecule has 1 fully saturated rings. The van der Waals surface area contributed by atoms with Gasteiger partial charge in [-0.3, -0.25) is 0 Å². The Bertz CT molecular complexity index is 342. The zero-order chi connectivity index (χ0) is 12.8. The van der Waals surface area contributed by atoms with Crippen molar-refractivity contribution in [1.29, 1.82) is 0 Å². The van der Waals surface area contributed by atoms with Gasteiger partial charge in [0.2, 0.25) is 0 Å². The Balaban J connectivity index is 1.88. The summed E-state index contributed by atoms with van der Waals surface area (Å²) < 4.78 is 11.9. The minimum atomic E-state index is 0.183. The van der Waals surface area contributed by atoms with Crippen LogP contribution in [0, 0.1) is 0 Å². The average molecular weight is 249 g/mol. The topological polar surface area (TPSA) is 30.5 Å². The molecule has 0 amide bonds. The van der Waals surface area contributed by atoms with Crippen molar-refractivity contribution in [3.63, 3.8) is 0 Å². The molecule has 0 bridgehead atoms. The summed E-state index contributed by atoms with van der Waals surface area (Å²) in [4.78, 5) is 0. The molecule has 100 valence electrons. The third-order valence-corrected chi connectivity index (χ3v) is 3.26. The first kappa shape index (κ1) is 13.4. The van der Waals surface area contributed by atoms with Crippen molar-refractivity contribution >= 4 is 0 Å². The van der Waals surface area contributed by atoms with Gasteiger partial charge in [0.25, 0.3) is 0 Å². The normalized spacial score (nSPS) is 26.7. The van der Waals surface area contributed by atoms with E-state index in [4.69, 9.17) is 9.47 Å². The van der Waals surface area contributed by atoms with Crippen LogP contribution < -0.4 is 10.1 Å². The first-order valence-electron chi connectivity index (χ1n) is 6.91. The summed E-state index contributed by atoms with van der Waals surface area (Å²) in [5.74, 6) is 0.933. The number of likely N-dealkylation sites (N-methyl/N-ethyl adjacent to an activating group) is 1. The summed E-state index contributed by atoms with van der Waals surface area (Å²) in [6, 6.07) is 10.4. The van der Waals surface area contributed by atoms with Crippen molar-refractivity contribution in [1.82, 2.24) is 5.32 Å². The molecular weight excluding hydrogens is 226 g/mol. The summed E-state index contributed by atoms with van der Waals surface area (Å²) in [5, 5.41) is 3.45. The fourth-order valence-corrected chi connectivity index (χ4v) is 2.31. The molecule has 1 N–H and O–H groups in total. The van der Waals surface area contributed by atoms with Crippen LogP contribution in [0.2, 0.25) is 0 Å². The molecule has 18 heavy (non-hydrogen) atoms. The van der Waals surface area contributed by atoms with Gasteiger partial charge in [0, 0.05) is 19.1 Å². The SMILES string of the molecule is CCCOC1C(NCC)CC1Oc1ccccc1. The van der Waals surface area contributed by atoms with Gasteiger partial charge in [-0.1, -0.05) is 32.0 Å². The number of para-hydroxylation sites is 1. The first-order chi connectivity index (χ1) is 8.85. The zero-order valence-corrected chi connectivity index (χ0v) is 11.3.